The van der Waals surface area contributed by atoms with E-state index in [4.69, 9.17) is 5.53 Å². The Labute approximate surface area is 70.6 Å². The van der Waals surface area contributed by atoms with Crippen LogP contribution in [0.5, 0.6) is 0 Å². The van der Waals surface area contributed by atoms with Crippen LogP contribution in [0.2, 0.25) is 0 Å². The zero-order chi connectivity index (χ0) is 8.27. The lowest BCUT2D eigenvalue weighted by Crippen LogP contribution is -1.74. The fourth-order valence-electron chi connectivity index (χ4n) is 0.618. The van der Waals surface area contributed by atoms with Gasteiger partial charge >= 0.3 is 0 Å². The minimum Gasteiger partial charge on any atom is -0.206 e. The van der Waals surface area contributed by atoms with E-state index >= 15 is 0 Å². The van der Waals surface area contributed by atoms with Gasteiger partial charge in [-0.1, -0.05) is 17.2 Å². The minimum atomic E-state index is -0.435. The van der Waals surface area contributed by atoms with Gasteiger partial charge < -0.3 is 0 Å². The van der Waals surface area contributed by atoms with E-state index in [1.54, 1.807) is 0 Å². The number of rotatable bonds is 1. The summed E-state index contributed by atoms with van der Waals surface area (Å²) in [4.78, 5) is 2.54. The molecule has 0 unspecified atom stereocenters. The molecule has 1 rings (SSSR count). The Bertz CT molecular complexity index is 320. The van der Waals surface area contributed by atoms with Crippen molar-refractivity contribution in [2.24, 2.45) is 5.11 Å². The fourth-order valence-corrected chi connectivity index (χ4v) is 0.961. The molecule has 0 amide bonds. The molecule has 0 N–H and O–H groups in total. The molecule has 1 aromatic carbocycles. The highest BCUT2D eigenvalue weighted by Gasteiger charge is 2.01. The summed E-state index contributed by atoms with van der Waals surface area (Å²) in [6, 6.07) is 4.28. The Kier molecular flexibility index (Phi) is 2.46. The van der Waals surface area contributed by atoms with E-state index < -0.39 is 5.82 Å². The largest absolute Gasteiger partial charge is 0.206 e. The SMILES string of the molecule is [N-]=[N+]=Nc1cccc(F)c1Br. The van der Waals surface area contributed by atoms with Gasteiger partial charge in [-0.2, -0.15) is 0 Å². The van der Waals surface area contributed by atoms with E-state index in [1.807, 2.05) is 0 Å². The second kappa shape index (κ2) is 3.37. The predicted octanol–water partition coefficient (Wildman–Crippen LogP) is 3.53. The molecule has 5 heteroatoms. The summed E-state index contributed by atoms with van der Waals surface area (Å²) in [5.41, 5.74) is 8.31. The van der Waals surface area contributed by atoms with Crippen LogP contribution in [0.4, 0.5) is 10.1 Å². The molecular weight excluding hydrogens is 213 g/mol. The summed E-state index contributed by atoms with van der Waals surface area (Å²) in [5.74, 6) is -0.435. The molecule has 56 valence electrons. The smallest absolute Gasteiger partial charge is 0.137 e. The third kappa shape index (κ3) is 1.69. The number of halogens is 2. The maximum Gasteiger partial charge on any atom is 0.137 e. The van der Waals surface area contributed by atoms with Crippen molar-refractivity contribution in [1.29, 1.82) is 0 Å². The van der Waals surface area contributed by atoms with E-state index in [1.165, 1.54) is 18.2 Å². The van der Waals surface area contributed by atoms with Crippen molar-refractivity contribution >= 4 is 21.6 Å². The van der Waals surface area contributed by atoms with Gasteiger partial charge in [0.2, 0.25) is 0 Å². The lowest BCUT2D eigenvalue weighted by atomic mass is 10.3. The Balaban J connectivity index is 3.26. The first-order valence-electron chi connectivity index (χ1n) is 2.75. The van der Waals surface area contributed by atoms with Crippen molar-refractivity contribution in [3.05, 3.63) is 38.9 Å². The van der Waals surface area contributed by atoms with E-state index in [-0.39, 0.29) is 10.2 Å². The monoisotopic (exact) mass is 215 g/mol. The Morgan fingerprint density at radius 1 is 1.55 bits per heavy atom. The molecule has 0 radical (unpaired) electrons. The molecule has 0 saturated heterocycles. The fraction of sp³-hybridized carbons (Fsp3) is 0. The molecule has 0 bridgehead atoms. The molecule has 0 fully saturated rings. The maximum absolute atomic E-state index is 12.7. The number of nitrogens with zero attached hydrogens (tertiary/aromatic N) is 3. The second-order valence-corrected chi connectivity index (χ2v) is 2.56. The third-order valence-electron chi connectivity index (χ3n) is 1.08. The van der Waals surface area contributed by atoms with Gasteiger partial charge in [-0.3, -0.25) is 0 Å². The van der Waals surface area contributed by atoms with Crippen molar-refractivity contribution in [3.8, 4) is 0 Å². The molecule has 0 saturated carbocycles. The number of benzene rings is 1. The maximum atomic E-state index is 12.7. The van der Waals surface area contributed by atoms with E-state index in [0.29, 0.717) is 0 Å². The first-order chi connectivity index (χ1) is 5.25. The van der Waals surface area contributed by atoms with Crippen LogP contribution in [0.25, 0.3) is 10.4 Å². The highest BCUT2D eigenvalue weighted by molar-refractivity contribution is 9.10. The molecular formula is C6H3BrFN3. The standard InChI is InChI=1S/C6H3BrFN3/c7-6-4(8)2-1-3-5(6)10-11-9/h1-3H. The van der Waals surface area contributed by atoms with Crippen LogP contribution in [0.3, 0.4) is 0 Å². The van der Waals surface area contributed by atoms with E-state index in [0.717, 1.165) is 0 Å². The Hall–Kier alpha value is -1.06. The Morgan fingerprint density at radius 3 is 2.91 bits per heavy atom. The lowest BCUT2D eigenvalue weighted by Gasteiger charge is -1.95. The quantitative estimate of drug-likeness (QED) is 0.391. The van der Waals surface area contributed by atoms with Crippen molar-refractivity contribution in [2.45, 2.75) is 0 Å². The minimum absolute atomic E-state index is 0.192. The molecule has 0 aliphatic carbocycles. The van der Waals surface area contributed by atoms with Crippen molar-refractivity contribution in [2.75, 3.05) is 0 Å². The summed E-state index contributed by atoms with van der Waals surface area (Å²) >= 11 is 2.94. The molecule has 0 atom stereocenters. The van der Waals surface area contributed by atoms with Crippen LogP contribution in [0, 0.1) is 5.82 Å². The number of azide groups is 1. The molecule has 0 aliphatic rings. The molecule has 0 spiro atoms. The van der Waals surface area contributed by atoms with Gasteiger partial charge in [0, 0.05) is 4.91 Å². The zero-order valence-electron chi connectivity index (χ0n) is 5.33. The Morgan fingerprint density at radius 2 is 2.27 bits per heavy atom. The van der Waals surface area contributed by atoms with Gasteiger partial charge in [0.1, 0.15) is 5.82 Å². The topological polar surface area (TPSA) is 48.8 Å². The molecule has 11 heavy (non-hydrogen) atoms. The average Bonchev–Trinajstić information content (AvgIpc) is 1.99. The van der Waals surface area contributed by atoms with Crippen LogP contribution in [-0.4, -0.2) is 0 Å². The van der Waals surface area contributed by atoms with Crippen LogP contribution < -0.4 is 0 Å². The van der Waals surface area contributed by atoms with Crippen LogP contribution in [-0.2, 0) is 0 Å². The molecule has 0 heterocycles. The van der Waals surface area contributed by atoms with Gasteiger partial charge in [-0.25, -0.2) is 4.39 Å². The van der Waals surface area contributed by atoms with Gasteiger partial charge in [0.15, 0.2) is 0 Å². The van der Waals surface area contributed by atoms with Gasteiger partial charge in [0.25, 0.3) is 0 Å². The van der Waals surface area contributed by atoms with Gasteiger partial charge in [-0.15, -0.1) is 0 Å². The lowest BCUT2D eigenvalue weighted by molar-refractivity contribution is 0.621. The molecule has 1 aromatic rings. The highest BCUT2D eigenvalue weighted by atomic mass is 79.9. The van der Waals surface area contributed by atoms with Gasteiger partial charge in [0.05, 0.1) is 10.2 Å². The normalized spacial score (nSPS) is 8.91. The number of hydrogen-bond donors (Lipinski definition) is 0. The first-order valence-corrected chi connectivity index (χ1v) is 3.54. The summed E-state index contributed by atoms with van der Waals surface area (Å²) in [6.45, 7) is 0. The van der Waals surface area contributed by atoms with E-state index in [2.05, 4.69) is 26.0 Å². The van der Waals surface area contributed by atoms with Gasteiger partial charge in [-0.05, 0) is 27.5 Å². The summed E-state index contributed by atoms with van der Waals surface area (Å²) < 4.78 is 12.9. The molecule has 0 aromatic heterocycles. The third-order valence-corrected chi connectivity index (χ3v) is 1.87. The number of hydrogen-bond acceptors (Lipinski definition) is 1. The highest BCUT2D eigenvalue weighted by Crippen LogP contribution is 2.27. The molecule has 0 aliphatic heterocycles. The van der Waals surface area contributed by atoms with E-state index in [9.17, 15) is 4.39 Å². The summed E-state index contributed by atoms with van der Waals surface area (Å²) in [5, 5.41) is 3.26. The molecule has 3 nitrogen and oxygen atoms in total. The second-order valence-electron chi connectivity index (χ2n) is 1.76. The average molecular weight is 216 g/mol. The van der Waals surface area contributed by atoms with Crippen LogP contribution in [0.1, 0.15) is 0 Å². The van der Waals surface area contributed by atoms with Crippen molar-refractivity contribution in [1.82, 2.24) is 0 Å². The predicted molar refractivity (Wildman–Crippen MR) is 42.9 cm³/mol. The zero-order valence-corrected chi connectivity index (χ0v) is 6.92. The van der Waals surface area contributed by atoms with Crippen molar-refractivity contribution < 1.29 is 4.39 Å². The summed E-state index contributed by atoms with van der Waals surface area (Å²) in [7, 11) is 0. The van der Waals surface area contributed by atoms with Crippen LogP contribution >= 0.6 is 15.9 Å². The van der Waals surface area contributed by atoms with Crippen LogP contribution in [0.15, 0.2) is 27.8 Å². The van der Waals surface area contributed by atoms with Crippen molar-refractivity contribution in [3.63, 3.8) is 0 Å². The first kappa shape index (κ1) is 8.04. The summed E-state index contributed by atoms with van der Waals surface area (Å²) in [6.07, 6.45) is 0.